The van der Waals surface area contributed by atoms with Gasteiger partial charge in [-0.05, 0) is 36.1 Å². The molecule has 3 aromatic rings. The third-order valence-electron chi connectivity index (χ3n) is 5.98. The molecule has 0 saturated heterocycles. The molecule has 8 nitrogen and oxygen atoms in total. The lowest BCUT2D eigenvalue weighted by molar-refractivity contribution is -0.124. The minimum absolute atomic E-state index is 0.00953. The lowest BCUT2D eigenvalue weighted by atomic mass is 9.92. The standard InChI is InChI=1S/C26H27ClFN3O5/c27-19-12-18(10-11-20(19)28)16-36-25-13-22(26(33)34)30-31(25)14-24(32)29-21-8-4-5-9-23(21)35-15-17-6-2-1-3-7-17/h1-3,6-7,10-13,21,23H,4-5,8-9,14-16H2,(H,29,32)(H,33,34). The van der Waals surface area contributed by atoms with Crippen LogP contribution in [0.3, 0.4) is 0 Å². The lowest BCUT2D eigenvalue weighted by Gasteiger charge is -2.32. The lowest BCUT2D eigenvalue weighted by Crippen LogP contribution is -2.47. The summed E-state index contributed by atoms with van der Waals surface area (Å²) in [7, 11) is 0. The molecule has 2 N–H and O–H groups in total. The second-order valence-electron chi connectivity index (χ2n) is 8.66. The number of aromatic nitrogens is 2. The van der Waals surface area contributed by atoms with Gasteiger partial charge in [0.25, 0.3) is 0 Å². The fraction of sp³-hybridized carbons (Fsp3) is 0.346. The van der Waals surface area contributed by atoms with Gasteiger partial charge in [0.2, 0.25) is 11.8 Å². The maximum atomic E-state index is 13.4. The Morgan fingerprint density at radius 2 is 1.86 bits per heavy atom. The van der Waals surface area contributed by atoms with Crippen LogP contribution in [-0.4, -0.2) is 38.9 Å². The molecule has 0 bridgehead atoms. The zero-order valence-corrected chi connectivity index (χ0v) is 20.3. The van der Waals surface area contributed by atoms with Crippen LogP contribution in [-0.2, 0) is 29.3 Å². The van der Waals surface area contributed by atoms with Crippen LogP contribution in [0.15, 0.2) is 54.6 Å². The zero-order valence-electron chi connectivity index (χ0n) is 19.5. The first-order valence-electron chi connectivity index (χ1n) is 11.7. The minimum Gasteiger partial charge on any atom is -0.476 e. The van der Waals surface area contributed by atoms with Crippen molar-refractivity contribution >= 4 is 23.5 Å². The average Bonchev–Trinajstić information content (AvgIpc) is 3.27. The number of nitrogens with one attached hydrogen (secondary N) is 1. The van der Waals surface area contributed by atoms with Gasteiger partial charge >= 0.3 is 5.97 Å². The Bertz CT molecular complexity index is 1200. The van der Waals surface area contributed by atoms with Gasteiger partial charge in [0.1, 0.15) is 19.0 Å². The smallest absolute Gasteiger partial charge is 0.356 e. The summed E-state index contributed by atoms with van der Waals surface area (Å²) in [6.45, 7) is 0.226. The molecule has 36 heavy (non-hydrogen) atoms. The Morgan fingerprint density at radius 3 is 2.61 bits per heavy atom. The van der Waals surface area contributed by atoms with E-state index in [0.717, 1.165) is 31.2 Å². The summed E-state index contributed by atoms with van der Waals surface area (Å²) in [6.07, 6.45) is 3.53. The van der Waals surface area contributed by atoms with Crippen LogP contribution in [0.5, 0.6) is 5.88 Å². The number of benzene rings is 2. The number of rotatable bonds is 10. The SMILES string of the molecule is O=C(Cn1nc(C(=O)O)cc1OCc1ccc(F)c(Cl)c1)NC1CCCCC1OCc1ccccc1. The Hall–Kier alpha value is -3.43. The number of ether oxygens (including phenoxy) is 2. The first-order chi connectivity index (χ1) is 17.4. The summed E-state index contributed by atoms with van der Waals surface area (Å²) in [5.41, 5.74) is 1.39. The third kappa shape index (κ3) is 6.83. The second kappa shape index (κ2) is 12.0. The predicted octanol–water partition coefficient (Wildman–Crippen LogP) is 4.60. The van der Waals surface area contributed by atoms with Crippen LogP contribution in [0.4, 0.5) is 4.39 Å². The Morgan fingerprint density at radius 1 is 1.08 bits per heavy atom. The highest BCUT2D eigenvalue weighted by molar-refractivity contribution is 6.30. The van der Waals surface area contributed by atoms with Crippen LogP contribution in [0.2, 0.25) is 5.02 Å². The number of aromatic carboxylic acids is 1. The number of amides is 1. The van der Waals surface area contributed by atoms with E-state index in [1.165, 1.54) is 28.9 Å². The van der Waals surface area contributed by atoms with E-state index in [-0.39, 0.29) is 47.8 Å². The summed E-state index contributed by atoms with van der Waals surface area (Å²) >= 11 is 5.81. The predicted molar refractivity (Wildman–Crippen MR) is 130 cm³/mol. The molecule has 1 heterocycles. The zero-order chi connectivity index (χ0) is 25.5. The van der Waals surface area contributed by atoms with Crippen LogP contribution >= 0.6 is 11.6 Å². The van der Waals surface area contributed by atoms with E-state index in [1.807, 2.05) is 30.3 Å². The van der Waals surface area contributed by atoms with Crippen LogP contribution in [0, 0.1) is 5.82 Å². The molecule has 4 rings (SSSR count). The van der Waals surface area contributed by atoms with Crippen LogP contribution in [0.25, 0.3) is 0 Å². The fourth-order valence-electron chi connectivity index (χ4n) is 4.15. The first kappa shape index (κ1) is 25.7. The molecule has 0 radical (unpaired) electrons. The molecule has 1 saturated carbocycles. The molecule has 2 atom stereocenters. The number of nitrogens with zero attached hydrogens (tertiary/aromatic N) is 2. The number of hydrogen-bond acceptors (Lipinski definition) is 5. The second-order valence-corrected chi connectivity index (χ2v) is 9.07. The molecule has 0 aliphatic heterocycles. The Labute approximate surface area is 213 Å². The molecule has 0 spiro atoms. The number of halogens is 2. The highest BCUT2D eigenvalue weighted by Gasteiger charge is 2.28. The van der Waals surface area contributed by atoms with Gasteiger partial charge in [-0.1, -0.05) is 60.8 Å². The van der Waals surface area contributed by atoms with Crippen molar-refractivity contribution in [2.24, 2.45) is 0 Å². The number of carbonyl (C=O) groups is 2. The maximum absolute atomic E-state index is 13.4. The van der Waals surface area contributed by atoms with Crippen molar-refractivity contribution in [1.82, 2.24) is 15.1 Å². The molecule has 1 aromatic heterocycles. The number of carboxylic acids is 1. The number of hydrogen-bond donors (Lipinski definition) is 2. The summed E-state index contributed by atoms with van der Waals surface area (Å²) in [5, 5.41) is 16.3. The molecule has 1 fully saturated rings. The molecular formula is C26H27ClFN3O5. The highest BCUT2D eigenvalue weighted by atomic mass is 35.5. The first-order valence-corrected chi connectivity index (χ1v) is 12.1. The topological polar surface area (TPSA) is 103 Å². The van der Waals surface area contributed by atoms with Crippen molar-refractivity contribution in [2.75, 3.05) is 0 Å². The largest absolute Gasteiger partial charge is 0.476 e. The molecule has 2 unspecified atom stereocenters. The van der Waals surface area contributed by atoms with Gasteiger partial charge in [0, 0.05) is 6.07 Å². The monoisotopic (exact) mass is 515 g/mol. The number of carboxylic acid groups (broad SMARTS) is 1. The maximum Gasteiger partial charge on any atom is 0.356 e. The van der Waals surface area contributed by atoms with E-state index >= 15 is 0 Å². The van der Waals surface area contributed by atoms with Crippen molar-refractivity contribution in [3.05, 3.63) is 82.3 Å². The fourth-order valence-corrected chi connectivity index (χ4v) is 4.35. The summed E-state index contributed by atoms with van der Waals surface area (Å²) in [5.74, 6) is -2.03. The van der Waals surface area contributed by atoms with Crippen molar-refractivity contribution in [3.8, 4) is 5.88 Å². The van der Waals surface area contributed by atoms with Gasteiger partial charge in [0.15, 0.2) is 5.69 Å². The van der Waals surface area contributed by atoms with Gasteiger partial charge in [0.05, 0.1) is 23.8 Å². The normalized spacial score (nSPS) is 17.5. The summed E-state index contributed by atoms with van der Waals surface area (Å²) in [6, 6.07) is 15.1. The van der Waals surface area contributed by atoms with E-state index in [4.69, 9.17) is 21.1 Å². The highest BCUT2D eigenvalue weighted by Crippen LogP contribution is 2.23. The molecule has 1 amide bonds. The van der Waals surface area contributed by atoms with E-state index < -0.39 is 11.8 Å². The van der Waals surface area contributed by atoms with Crippen molar-refractivity contribution in [3.63, 3.8) is 0 Å². The number of carbonyl (C=O) groups excluding carboxylic acids is 1. The Balaban J connectivity index is 1.39. The van der Waals surface area contributed by atoms with Gasteiger partial charge in [-0.25, -0.2) is 13.9 Å². The van der Waals surface area contributed by atoms with E-state index in [1.54, 1.807) is 0 Å². The molecule has 1 aliphatic rings. The van der Waals surface area contributed by atoms with Crippen LogP contribution in [0.1, 0.15) is 47.3 Å². The van der Waals surface area contributed by atoms with Gasteiger partial charge in [-0.3, -0.25) is 4.79 Å². The van der Waals surface area contributed by atoms with Gasteiger partial charge in [-0.15, -0.1) is 0 Å². The van der Waals surface area contributed by atoms with Gasteiger partial charge in [-0.2, -0.15) is 5.10 Å². The molecule has 190 valence electrons. The molecule has 10 heteroatoms. The van der Waals surface area contributed by atoms with E-state index in [9.17, 15) is 19.1 Å². The van der Waals surface area contributed by atoms with Crippen molar-refractivity contribution in [2.45, 2.75) is 57.6 Å². The van der Waals surface area contributed by atoms with Crippen LogP contribution < -0.4 is 10.1 Å². The minimum atomic E-state index is -1.24. The summed E-state index contributed by atoms with van der Waals surface area (Å²) in [4.78, 5) is 24.3. The molecule has 2 aromatic carbocycles. The Kier molecular flexibility index (Phi) is 8.56. The summed E-state index contributed by atoms with van der Waals surface area (Å²) < 4.78 is 26.4. The average molecular weight is 516 g/mol. The van der Waals surface area contributed by atoms with Crippen molar-refractivity contribution < 1.29 is 28.6 Å². The molecular weight excluding hydrogens is 489 g/mol. The third-order valence-corrected chi connectivity index (χ3v) is 6.27. The van der Waals surface area contributed by atoms with E-state index in [0.29, 0.717) is 12.2 Å². The van der Waals surface area contributed by atoms with Crippen molar-refractivity contribution in [1.29, 1.82) is 0 Å². The van der Waals surface area contributed by atoms with Gasteiger partial charge < -0.3 is 19.9 Å². The molecule has 1 aliphatic carbocycles. The quantitative estimate of drug-likeness (QED) is 0.409. The van der Waals surface area contributed by atoms with E-state index in [2.05, 4.69) is 10.4 Å².